The molecule has 4 aliphatic carbocycles. The first-order valence-electron chi connectivity index (χ1n) is 10.0. The van der Waals surface area contributed by atoms with Gasteiger partial charge in [0.1, 0.15) is 5.60 Å². The van der Waals surface area contributed by atoms with Crippen molar-refractivity contribution in [3.63, 3.8) is 0 Å². The maximum atomic E-state index is 11.7. The molecule has 2 bridgehead atoms. The summed E-state index contributed by atoms with van der Waals surface area (Å²) < 4.78 is 0. The molecular weight excluding hydrogens is 352 g/mol. The van der Waals surface area contributed by atoms with Crippen LogP contribution >= 0.6 is 0 Å². The van der Waals surface area contributed by atoms with Gasteiger partial charge in [0.2, 0.25) is 0 Å². The zero-order chi connectivity index (χ0) is 20.4. The van der Waals surface area contributed by atoms with E-state index in [1.54, 1.807) is 20.8 Å². The maximum absolute atomic E-state index is 11.7. The lowest BCUT2D eigenvalue weighted by Crippen LogP contribution is -2.62. The lowest BCUT2D eigenvalue weighted by atomic mass is 9.57. The van der Waals surface area contributed by atoms with Crippen molar-refractivity contribution in [3.8, 4) is 0 Å². The Labute approximate surface area is 159 Å². The molecule has 0 aromatic heterocycles. The SMILES string of the molecule is CC1(C)[C@@H](O)[C@@H](O)[C@H]2[C@](C)(O)[C@@H]3CC[C@@H]4[C@@H](O)[C@@]3(C[C@H](O)[C@@]21O)C[C@@]4(C)O. The third-order valence-corrected chi connectivity index (χ3v) is 9.24. The summed E-state index contributed by atoms with van der Waals surface area (Å²) in [6.45, 7) is 6.38. The third-order valence-electron chi connectivity index (χ3n) is 9.24. The summed E-state index contributed by atoms with van der Waals surface area (Å²) in [4.78, 5) is 0. The molecule has 156 valence electrons. The Morgan fingerprint density at radius 2 is 1.41 bits per heavy atom. The van der Waals surface area contributed by atoms with Crippen molar-refractivity contribution in [1.82, 2.24) is 0 Å². The Morgan fingerprint density at radius 1 is 0.815 bits per heavy atom. The zero-order valence-electron chi connectivity index (χ0n) is 16.5. The van der Waals surface area contributed by atoms with Crippen LogP contribution in [-0.4, -0.2) is 77.0 Å². The summed E-state index contributed by atoms with van der Waals surface area (Å²) in [6, 6.07) is 0. The molecule has 0 heterocycles. The number of hydrogen-bond acceptors (Lipinski definition) is 7. The summed E-state index contributed by atoms with van der Waals surface area (Å²) in [5.74, 6) is -2.06. The summed E-state index contributed by atoms with van der Waals surface area (Å²) in [6.07, 6.45) is -3.78. The molecule has 0 radical (unpaired) electrons. The Hall–Kier alpha value is -0.280. The van der Waals surface area contributed by atoms with E-state index in [2.05, 4.69) is 0 Å². The minimum absolute atomic E-state index is 0.00248. The Balaban J connectivity index is 1.92. The van der Waals surface area contributed by atoms with Crippen molar-refractivity contribution in [2.24, 2.45) is 28.6 Å². The monoisotopic (exact) mass is 386 g/mol. The van der Waals surface area contributed by atoms with Crippen LogP contribution in [0, 0.1) is 28.6 Å². The average molecular weight is 386 g/mol. The Morgan fingerprint density at radius 3 is 2.00 bits per heavy atom. The molecule has 4 saturated carbocycles. The average Bonchev–Trinajstić information content (AvgIpc) is 2.71. The van der Waals surface area contributed by atoms with Gasteiger partial charge in [-0.15, -0.1) is 0 Å². The maximum Gasteiger partial charge on any atom is 0.106 e. The molecule has 0 amide bonds. The second-order valence-corrected chi connectivity index (χ2v) is 10.9. The van der Waals surface area contributed by atoms with Crippen LogP contribution in [0.15, 0.2) is 0 Å². The van der Waals surface area contributed by atoms with Crippen LogP contribution in [0.25, 0.3) is 0 Å². The molecule has 0 saturated heterocycles. The molecule has 1 spiro atoms. The second-order valence-electron chi connectivity index (χ2n) is 10.9. The van der Waals surface area contributed by atoms with Crippen LogP contribution in [0.5, 0.6) is 0 Å². The molecule has 0 aromatic carbocycles. The summed E-state index contributed by atoms with van der Waals surface area (Å²) in [7, 11) is 0. The van der Waals surface area contributed by atoms with E-state index >= 15 is 0 Å². The topological polar surface area (TPSA) is 142 Å². The first-order valence-corrected chi connectivity index (χ1v) is 10.0. The Kier molecular flexibility index (Phi) is 3.89. The van der Waals surface area contributed by atoms with Gasteiger partial charge in [0, 0.05) is 22.7 Å². The van der Waals surface area contributed by atoms with Crippen LogP contribution in [-0.2, 0) is 0 Å². The molecule has 7 nitrogen and oxygen atoms in total. The van der Waals surface area contributed by atoms with Gasteiger partial charge in [0.15, 0.2) is 0 Å². The van der Waals surface area contributed by atoms with Gasteiger partial charge in [-0.3, -0.25) is 0 Å². The van der Waals surface area contributed by atoms with Crippen molar-refractivity contribution >= 4 is 0 Å². The van der Waals surface area contributed by atoms with Crippen molar-refractivity contribution in [2.75, 3.05) is 0 Å². The lowest BCUT2D eigenvalue weighted by Gasteiger charge is -2.51. The summed E-state index contributed by atoms with van der Waals surface area (Å²) >= 11 is 0. The van der Waals surface area contributed by atoms with Gasteiger partial charge in [-0.1, -0.05) is 13.8 Å². The zero-order valence-corrected chi connectivity index (χ0v) is 16.5. The molecular formula is C20H34O7. The van der Waals surface area contributed by atoms with E-state index < -0.39 is 63.9 Å². The van der Waals surface area contributed by atoms with E-state index in [0.717, 1.165) is 0 Å². The largest absolute Gasteiger partial charge is 0.392 e. The van der Waals surface area contributed by atoms with E-state index in [9.17, 15) is 35.7 Å². The predicted octanol–water partition coefficient (Wildman–Crippen LogP) is -0.861. The minimum Gasteiger partial charge on any atom is -0.392 e. The van der Waals surface area contributed by atoms with Crippen LogP contribution in [0.3, 0.4) is 0 Å². The number of aliphatic hydroxyl groups excluding tert-OH is 4. The molecule has 11 atom stereocenters. The molecule has 4 aliphatic rings. The normalized spacial score (nSPS) is 64.8. The van der Waals surface area contributed by atoms with Gasteiger partial charge in [-0.2, -0.15) is 0 Å². The van der Waals surface area contributed by atoms with E-state index in [4.69, 9.17) is 0 Å². The van der Waals surface area contributed by atoms with Gasteiger partial charge in [0.05, 0.1) is 35.6 Å². The molecule has 4 rings (SSSR count). The number of rotatable bonds is 0. The molecule has 7 heteroatoms. The standard InChI is InChI=1S/C20H34O7/c1-16(2)15(24)12(22)13-18(4,26)10-6-5-9-14(23)19(10,8-17(9,3)25)7-11(21)20(13,16)27/h9-15,21-27H,5-8H2,1-4H3/t9-,10+,11+,12+,13+,14-,15+,17-,18-,19+,20-/m1/s1. The van der Waals surface area contributed by atoms with Gasteiger partial charge in [0.25, 0.3) is 0 Å². The predicted molar refractivity (Wildman–Crippen MR) is 95.4 cm³/mol. The molecule has 27 heavy (non-hydrogen) atoms. The van der Waals surface area contributed by atoms with Gasteiger partial charge >= 0.3 is 0 Å². The van der Waals surface area contributed by atoms with E-state index in [1.807, 2.05) is 0 Å². The molecule has 0 aromatic rings. The fraction of sp³-hybridized carbons (Fsp3) is 1.00. The van der Waals surface area contributed by atoms with E-state index in [-0.39, 0.29) is 18.8 Å². The summed E-state index contributed by atoms with van der Waals surface area (Å²) in [5, 5.41) is 78.0. The van der Waals surface area contributed by atoms with E-state index in [0.29, 0.717) is 12.8 Å². The highest BCUT2D eigenvalue weighted by atomic mass is 16.4. The highest BCUT2D eigenvalue weighted by Gasteiger charge is 2.78. The lowest BCUT2D eigenvalue weighted by molar-refractivity contribution is -0.209. The second kappa shape index (κ2) is 5.25. The van der Waals surface area contributed by atoms with Crippen LogP contribution in [0.1, 0.15) is 53.4 Å². The van der Waals surface area contributed by atoms with Crippen molar-refractivity contribution in [3.05, 3.63) is 0 Å². The van der Waals surface area contributed by atoms with Gasteiger partial charge in [-0.05, 0) is 45.4 Å². The van der Waals surface area contributed by atoms with Crippen LogP contribution < -0.4 is 0 Å². The molecule has 4 fully saturated rings. The van der Waals surface area contributed by atoms with Gasteiger partial charge < -0.3 is 35.7 Å². The highest BCUT2D eigenvalue weighted by Crippen LogP contribution is 2.69. The van der Waals surface area contributed by atoms with Crippen molar-refractivity contribution < 1.29 is 35.7 Å². The first kappa shape index (κ1) is 20.0. The fourth-order valence-corrected chi connectivity index (χ4v) is 7.95. The van der Waals surface area contributed by atoms with Crippen molar-refractivity contribution in [2.45, 2.75) is 94.6 Å². The number of hydrogen-bond donors (Lipinski definition) is 7. The molecule has 0 aliphatic heterocycles. The fourth-order valence-electron chi connectivity index (χ4n) is 7.95. The van der Waals surface area contributed by atoms with E-state index in [1.165, 1.54) is 6.92 Å². The highest BCUT2D eigenvalue weighted by molar-refractivity contribution is 5.27. The molecule has 7 N–H and O–H groups in total. The Bertz CT molecular complexity index is 646. The van der Waals surface area contributed by atoms with Crippen LogP contribution in [0.2, 0.25) is 0 Å². The van der Waals surface area contributed by atoms with Crippen LogP contribution in [0.4, 0.5) is 0 Å². The molecule has 0 unspecified atom stereocenters. The quantitative estimate of drug-likeness (QED) is 0.287. The minimum atomic E-state index is -1.94. The third kappa shape index (κ3) is 2.02. The number of fused-ring (bicyclic) bond motifs is 2. The van der Waals surface area contributed by atoms with Gasteiger partial charge in [-0.25, -0.2) is 0 Å². The smallest absolute Gasteiger partial charge is 0.106 e. The first-order chi connectivity index (χ1) is 12.2. The summed E-state index contributed by atoms with van der Waals surface area (Å²) in [5.41, 5.74) is -6.94. The van der Waals surface area contributed by atoms with Crippen molar-refractivity contribution in [1.29, 1.82) is 0 Å². The number of aliphatic hydroxyl groups is 7.